The predicted molar refractivity (Wildman–Crippen MR) is 63.2 cm³/mol. The highest BCUT2D eigenvalue weighted by Gasteiger charge is 2.14. The number of hydrogen-bond acceptors (Lipinski definition) is 5. The van der Waals surface area contributed by atoms with E-state index in [1.54, 1.807) is 0 Å². The standard InChI is InChI=1S/C11H14N2O5/c12-7(11(17)18)2-4-10(16)13-8-5-6(14)1-3-9(8)15/h1,3,5,7,14-15H,2,4,12H2,(H,13,16)(H,17,18)/t7-/m0/s1. The summed E-state index contributed by atoms with van der Waals surface area (Å²) in [4.78, 5) is 21.9. The Kier molecular flexibility index (Phi) is 4.50. The van der Waals surface area contributed by atoms with Crippen LogP contribution >= 0.6 is 0 Å². The second-order valence-corrected chi connectivity index (χ2v) is 3.73. The van der Waals surface area contributed by atoms with Crippen LogP contribution < -0.4 is 11.1 Å². The fourth-order valence-corrected chi connectivity index (χ4v) is 1.25. The Morgan fingerprint density at radius 3 is 2.61 bits per heavy atom. The van der Waals surface area contributed by atoms with Crippen LogP contribution in [0.25, 0.3) is 0 Å². The molecule has 1 aromatic rings. The molecule has 0 fully saturated rings. The third-order valence-electron chi connectivity index (χ3n) is 2.25. The molecule has 0 aliphatic carbocycles. The second kappa shape index (κ2) is 5.87. The largest absolute Gasteiger partial charge is 0.508 e. The molecule has 7 heteroatoms. The second-order valence-electron chi connectivity index (χ2n) is 3.73. The summed E-state index contributed by atoms with van der Waals surface area (Å²) in [6, 6.07) is 2.58. The van der Waals surface area contributed by atoms with Gasteiger partial charge in [0.25, 0.3) is 0 Å². The number of aliphatic carboxylic acids is 1. The van der Waals surface area contributed by atoms with Crippen molar-refractivity contribution in [2.45, 2.75) is 18.9 Å². The number of carbonyl (C=O) groups excluding carboxylic acids is 1. The fraction of sp³-hybridized carbons (Fsp3) is 0.273. The van der Waals surface area contributed by atoms with Gasteiger partial charge in [0, 0.05) is 12.5 Å². The third kappa shape index (κ3) is 3.95. The van der Waals surface area contributed by atoms with E-state index >= 15 is 0 Å². The summed E-state index contributed by atoms with van der Waals surface area (Å²) >= 11 is 0. The van der Waals surface area contributed by atoms with Gasteiger partial charge in [-0.25, -0.2) is 0 Å². The molecule has 0 saturated heterocycles. The first kappa shape index (κ1) is 13.8. The van der Waals surface area contributed by atoms with E-state index in [1.165, 1.54) is 18.2 Å². The first-order valence-electron chi connectivity index (χ1n) is 5.20. The molecule has 7 nitrogen and oxygen atoms in total. The number of nitrogens with one attached hydrogen (secondary N) is 1. The number of benzene rings is 1. The number of phenols is 2. The summed E-state index contributed by atoms with van der Waals surface area (Å²) in [5.41, 5.74) is 5.30. The smallest absolute Gasteiger partial charge is 0.320 e. The van der Waals surface area contributed by atoms with Crippen molar-refractivity contribution in [3.63, 3.8) is 0 Å². The van der Waals surface area contributed by atoms with E-state index in [0.29, 0.717) is 0 Å². The van der Waals surface area contributed by atoms with Gasteiger partial charge in [-0.05, 0) is 18.6 Å². The number of carbonyl (C=O) groups is 2. The molecule has 0 heterocycles. The van der Waals surface area contributed by atoms with Crippen LogP contribution in [-0.4, -0.2) is 33.2 Å². The normalized spacial score (nSPS) is 11.8. The Labute approximate surface area is 103 Å². The van der Waals surface area contributed by atoms with Crippen LogP contribution in [0.1, 0.15) is 12.8 Å². The van der Waals surface area contributed by atoms with E-state index in [2.05, 4.69) is 5.32 Å². The molecule has 0 bridgehead atoms. The molecule has 0 radical (unpaired) electrons. The Bertz CT molecular complexity index is 461. The van der Waals surface area contributed by atoms with Crippen LogP contribution in [0.15, 0.2) is 18.2 Å². The predicted octanol–water partition coefficient (Wildman–Crippen LogP) is 0.228. The number of anilines is 1. The van der Waals surface area contributed by atoms with Gasteiger partial charge in [0.1, 0.15) is 17.5 Å². The summed E-state index contributed by atoms with van der Waals surface area (Å²) < 4.78 is 0. The summed E-state index contributed by atoms with van der Waals surface area (Å²) in [7, 11) is 0. The van der Waals surface area contributed by atoms with E-state index in [4.69, 9.17) is 10.8 Å². The van der Waals surface area contributed by atoms with Crippen molar-refractivity contribution >= 4 is 17.6 Å². The van der Waals surface area contributed by atoms with Gasteiger partial charge >= 0.3 is 5.97 Å². The van der Waals surface area contributed by atoms with Crippen molar-refractivity contribution < 1.29 is 24.9 Å². The summed E-state index contributed by atoms with van der Waals surface area (Å²) in [6.07, 6.45) is -0.108. The number of aromatic hydroxyl groups is 2. The number of nitrogens with two attached hydrogens (primary N) is 1. The molecule has 0 aliphatic heterocycles. The zero-order valence-electron chi connectivity index (χ0n) is 9.46. The fourth-order valence-electron chi connectivity index (χ4n) is 1.25. The molecular formula is C11H14N2O5. The monoisotopic (exact) mass is 254 g/mol. The van der Waals surface area contributed by atoms with E-state index < -0.39 is 17.9 Å². The highest BCUT2D eigenvalue weighted by molar-refractivity contribution is 5.92. The van der Waals surface area contributed by atoms with Crippen molar-refractivity contribution in [1.29, 1.82) is 0 Å². The van der Waals surface area contributed by atoms with Gasteiger partial charge in [-0.15, -0.1) is 0 Å². The minimum Gasteiger partial charge on any atom is -0.508 e. The van der Waals surface area contributed by atoms with Crippen molar-refractivity contribution in [2.24, 2.45) is 5.73 Å². The lowest BCUT2D eigenvalue weighted by atomic mass is 10.1. The molecule has 0 aliphatic rings. The minimum atomic E-state index is -1.18. The lowest BCUT2D eigenvalue weighted by molar-refractivity contribution is -0.138. The molecule has 1 aromatic carbocycles. The SMILES string of the molecule is N[C@@H](CCC(=O)Nc1cc(O)ccc1O)C(=O)O. The van der Waals surface area contributed by atoms with Gasteiger partial charge in [-0.1, -0.05) is 0 Å². The van der Waals surface area contributed by atoms with Crippen LogP contribution in [0.4, 0.5) is 5.69 Å². The van der Waals surface area contributed by atoms with Crippen LogP contribution in [0.2, 0.25) is 0 Å². The van der Waals surface area contributed by atoms with Gasteiger partial charge in [-0.3, -0.25) is 9.59 Å². The average Bonchev–Trinajstić information content (AvgIpc) is 2.30. The molecule has 0 unspecified atom stereocenters. The quantitative estimate of drug-likeness (QED) is 0.377. The summed E-state index contributed by atoms with van der Waals surface area (Å²) in [5.74, 6) is -1.97. The maximum atomic E-state index is 11.5. The van der Waals surface area contributed by atoms with Crippen LogP contribution in [0.3, 0.4) is 0 Å². The maximum Gasteiger partial charge on any atom is 0.320 e. The topological polar surface area (TPSA) is 133 Å². The minimum absolute atomic E-state index is 0.0132. The van der Waals surface area contributed by atoms with E-state index in [-0.39, 0.29) is 30.0 Å². The number of rotatable bonds is 5. The molecule has 1 atom stereocenters. The van der Waals surface area contributed by atoms with E-state index in [1.807, 2.05) is 0 Å². The molecule has 6 N–H and O–H groups in total. The van der Waals surface area contributed by atoms with Crippen molar-refractivity contribution in [3.05, 3.63) is 18.2 Å². The van der Waals surface area contributed by atoms with Crippen LogP contribution in [0, 0.1) is 0 Å². The van der Waals surface area contributed by atoms with Crippen LogP contribution in [-0.2, 0) is 9.59 Å². The number of phenolic OH excluding ortho intramolecular Hbond substituents is 2. The number of carboxylic acid groups (broad SMARTS) is 1. The first-order chi connectivity index (χ1) is 8.40. The highest BCUT2D eigenvalue weighted by Crippen LogP contribution is 2.27. The molecule has 18 heavy (non-hydrogen) atoms. The Morgan fingerprint density at radius 1 is 1.33 bits per heavy atom. The highest BCUT2D eigenvalue weighted by atomic mass is 16.4. The molecular weight excluding hydrogens is 240 g/mol. The zero-order valence-corrected chi connectivity index (χ0v) is 9.46. The number of amides is 1. The van der Waals surface area contributed by atoms with Gasteiger partial charge in [-0.2, -0.15) is 0 Å². The Balaban J connectivity index is 2.54. The maximum absolute atomic E-state index is 11.5. The lowest BCUT2D eigenvalue weighted by Crippen LogP contribution is -2.31. The lowest BCUT2D eigenvalue weighted by Gasteiger charge is -2.09. The van der Waals surface area contributed by atoms with Crippen molar-refractivity contribution in [3.8, 4) is 11.5 Å². The number of carboxylic acids is 1. The third-order valence-corrected chi connectivity index (χ3v) is 2.25. The van der Waals surface area contributed by atoms with Gasteiger partial charge in [0.2, 0.25) is 5.91 Å². The van der Waals surface area contributed by atoms with E-state index in [0.717, 1.165) is 0 Å². The van der Waals surface area contributed by atoms with Gasteiger partial charge in [0.15, 0.2) is 0 Å². The summed E-state index contributed by atoms with van der Waals surface area (Å²) in [5, 5.41) is 29.5. The molecule has 98 valence electrons. The van der Waals surface area contributed by atoms with Gasteiger partial charge in [0.05, 0.1) is 5.69 Å². The van der Waals surface area contributed by atoms with Crippen molar-refractivity contribution in [1.82, 2.24) is 0 Å². The molecule has 1 rings (SSSR count). The number of hydrogen-bond donors (Lipinski definition) is 5. The van der Waals surface area contributed by atoms with Crippen LogP contribution in [0.5, 0.6) is 11.5 Å². The molecule has 0 aromatic heterocycles. The molecule has 0 spiro atoms. The Morgan fingerprint density at radius 2 is 2.00 bits per heavy atom. The van der Waals surface area contributed by atoms with Crippen molar-refractivity contribution in [2.75, 3.05) is 5.32 Å². The summed E-state index contributed by atoms with van der Waals surface area (Å²) in [6.45, 7) is 0. The van der Waals surface area contributed by atoms with E-state index in [9.17, 15) is 19.8 Å². The van der Waals surface area contributed by atoms with Gasteiger partial charge < -0.3 is 26.4 Å². The first-order valence-corrected chi connectivity index (χ1v) is 5.20. The molecule has 1 amide bonds. The molecule has 0 saturated carbocycles. The Hall–Kier alpha value is -2.28. The average molecular weight is 254 g/mol. The zero-order chi connectivity index (χ0) is 13.7.